The van der Waals surface area contributed by atoms with Crippen LogP contribution in [0.1, 0.15) is 32.8 Å². The van der Waals surface area contributed by atoms with Gasteiger partial charge < -0.3 is 13.9 Å². The normalized spacial score (nSPS) is 15.0. The van der Waals surface area contributed by atoms with E-state index in [2.05, 4.69) is 5.48 Å². The minimum atomic E-state index is -4.09. The highest BCUT2D eigenvalue weighted by molar-refractivity contribution is 7.82. The van der Waals surface area contributed by atoms with E-state index in [0.29, 0.717) is 13.0 Å². The molecule has 0 spiro atoms. The number of carbonyl (C=O) groups is 1. The first-order chi connectivity index (χ1) is 10.7. The summed E-state index contributed by atoms with van der Waals surface area (Å²) in [6.45, 7) is 3.85. The summed E-state index contributed by atoms with van der Waals surface area (Å²) < 4.78 is 22.1. The first-order valence-electron chi connectivity index (χ1n) is 7.40. The van der Waals surface area contributed by atoms with E-state index in [1.165, 1.54) is 0 Å². The Balaban J connectivity index is 2.70. The summed E-state index contributed by atoms with van der Waals surface area (Å²) in [7, 11) is 0. The minimum absolute atomic E-state index is 0.202. The highest BCUT2D eigenvalue weighted by Crippen LogP contribution is 2.53. The lowest BCUT2D eigenvalue weighted by Gasteiger charge is -2.20. The fourth-order valence-corrected chi connectivity index (χ4v) is 2.96. The second-order valence-corrected chi connectivity index (χ2v) is 7.95. The molecule has 0 amide bonds. The summed E-state index contributed by atoms with van der Waals surface area (Å²) in [5.74, 6) is -0.314. The van der Waals surface area contributed by atoms with Crippen molar-refractivity contribution in [2.45, 2.75) is 40.2 Å². The third-order valence-electron chi connectivity index (χ3n) is 2.80. The number of aryl methyl sites for hydroxylation is 1. The highest BCUT2D eigenvalue weighted by Gasteiger charge is 2.32. The van der Waals surface area contributed by atoms with Gasteiger partial charge in [-0.2, -0.15) is 5.48 Å². The molecule has 0 saturated heterocycles. The fraction of sp³-hybridized carbons (Fsp3) is 0.533. The lowest BCUT2D eigenvalue weighted by Crippen LogP contribution is -2.38. The molecule has 1 aromatic carbocycles. The predicted molar refractivity (Wildman–Crippen MR) is 89.4 cm³/mol. The van der Waals surface area contributed by atoms with Gasteiger partial charge >= 0.3 is 12.9 Å². The van der Waals surface area contributed by atoms with Crippen molar-refractivity contribution < 1.29 is 23.2 Å². The van der Waals surface area contributed by atoms with Crippen molar-refractivity contribution in [3.63, 3.8) is 0 Å². The Labute approximate surface area is 141 Å². The van der Waals surface area contributed by atoms with E-state index in [-0.39, 0.29) is 11.7 Å². The van der Waals surface area contributed by atoms with Crippen LogP contribution in [-0.2, 0) is 18.7 Å². The van der Waals surface area contributed by atoms with Crippen LogP contribution in [0.3, 0.4) is 0 Å². The topological polar surface area (TPSA) is 73.9 Å². The van der Waals surface area contributed by atoms with Gasteiger partial charge in [-0.05, 0) is 38.3 Å². The van der Waals surface area contributed by atoms with Crippen LogP contribution >= 0.6 is 18.2 Å². The number of hydroxylamine groups is 1. The maximum absolute atomic E-state index is 12.2. The number of nitrogens with one attached hydrogen (secondary N) is 1. The molecule has 23 heavy (non-hydrogen) atoms. The van der Waals surface area contributed by atoms with Gasteiger partial charge in [-0.15, -0.1) is 0 Å². The number of benzene rings is 1. The van der Waals surface area contributed by atoms with Crippen LogP contribution in [0.5, 0.6) is 5.75 Å². The second-order valence-electron chi connectivity index (χ2n) is 5.48. The molecule has 0 aliphatic heterocycles. The van der Waals surface area contributed by atoms with Crippen LogP contribution in [0, 0.1) is 12.8 Å². The number of carbonyl (C=O) groups excluding carboxylic acids is 1. The molecule has 0 aromatic heterocycles. The third-order valence-corrected chi connectivity index (χ3v) is 4.04. The van der Waals surface area contributed by atoms with Gasteiger partial charge in [0, 0.05) is 11.2 Å². The largest absolute Gasteiger partial charge is 0.532 e. The SMILES string of the molecule is CCON[C@@H](CC(C)C)C(=O)OP(=O)(Cl)Oc1ccc(C)cc1. The highest BCUT2D eigenvalue weighted by atomic mass is 35.7. The van der Waals surface area contributed by atoms with Gasteiger partial charge in [0.25, 0.3) is 0 Å². The number of hydrogen-bond acceptors (Lipinski definition) is 6. The molecule has 0 heterocycles. The molecular weight excluding hydrogens is 341 g/mol. The summed E-state index contributed by atoms with van der Waals surface area (Å²) in [5.41, 5.74) is 3.60. The van der Waals surface area contributed by atoms with Crippen molar-refractivity contribution in [1.82, 2.24) is 5.48 Å². The Kier molecular flexibility index (Phi) is 8.06. The zero-order valence-corrected chi connectivity index (χ0v) is 15.4. The van der Waals surface area contributed by atoms with E-state index in [1.54, 1.807) is 31.2 Å². The Hall–Kier alpha value is -1.07. The zero-order chi connectivity index (χ0) is 17.5. The average Bonchev–Trinajstić information content (AvgIpc) is 2.44. The summed E-state index contributed by atoms with van der Waals surface area (Å²) >= 11 is 5.74. The maximum atomic E-state index is 12.2. The van der Waals surface area contributed by atoms with Gasteiger partial charge in [-0.1, -0.05) is 31.5 Å². The molecule has 0 aliphatic rings. The lowest BCUT2D eigenvalue weighted by molar-refractivity contribution is -0.142. The van der Waals surface area contributed by atoms with Crippen LogP contribution < -0.4 is 10.0 Å². The van der Waals surface area contributed by atoms with Gasteiger partial charge in [-0.3, -0.25) is 0 Å². The molecule has 0 aliphatic carbocycles. The molecule has 6 nitrogen and oxygen atoms in total. The monoisotopic (exact) mass is 363 g/mol. The van der Waals surface area contributed by atoms with Crippen LogP contribution in [0.2, 0.25) is 0 Å². The smallest absolute Gasteiger partial charge is 0.405 e. The molecule has 1 unspecified atom stereocenters. The molecule has 0 bridgehead atoms. The fourth-order valence-electron chi connectivity index (χ4n) is 1.76. The van der Waals surface area contributed by atoms with E-state index in [9.17, 15) is 9.36 Å². The van der Waals surface area contributed by atoms with Crippen molar-refractivity contribution in [2.75, 3.05) is 6.61 Å². The Morgan fingerprint density at radius 3 is 2.43 bits per heavy atom. The number of hydrogen-bond donors (Lipinski definition) is 1. The van der Waals surface area contributed by atoms with Crippen LogP contribution in [0.15, 0.2) is 24.3 Å². The molecule has 1 N–H and O–H groups in total. The summed E-state index contributed by atoms with van der Waals surface area (Å²) in [6.07, 6.45) is 0.445. The van der Waals surface area contributed by atoms with Crippen molar-refractivity contribution in [1.29, 1.82) is 0 Å². The third kappa shape index (κ3) is 7.84. The molecule has 130 valence electrons. The molecule has 0 saturated carbocycles. The van der Waals surface area contributed by atoms with Gasteiger partial charge in [0.1, 0.15) is 11.8 Å². The molecule has 8 heteroatoms. The Bertz CT molecular complexity index is 549. The standard InChI is InChI=1S/C15H23ClNO5P/c1-5-20-17-14(10-11(2)3)15(18)22-23(16,19)21-13-8-6-12(4)7-9-13/h6-9,11,14,17H,5,10H2,1-4H3/t14-,23?/m0/s1. The Morgan fingerprint density at radius 1 is 1.30 bits per heavy atom. The quantitative estimate of drug-likeness (QED) is 0.523. The average molecular weight is 364 g/mol. The summed E-state index contributed by atoms with van der Waals surface area (Å²) in [5, 5.41) is 0. The molecular formula is C15H23ClNO5P. The Morgan fingerprint density at radius 2 is 1.91 bits per heavy atom. The minimum Gasteiger partial charge on any atom is -0.405 e. The van der Waals surface area contributed by atoms with E-state index in [0.717, 1.165) is 5.56 Å². The molecule has 1 aromatic rings. The lowest BCUT2D eigenvalue weighted by atomic mass is 10.1. The van der Waals surface area contributed by atoms with E-state index in [4.69, 9.17) is 25.1 Å². The number of rotatable bonds is 9. The maximum Gasteiger partial charge on any atom is 0.532 e. The van der Waals surface area contributed by atoms with Crippen LogP contribution in [-0.4, -0.2) is 18.6 Å². The van der Waals surface area contributed by atoms with Gasteiger partial charge in [0.2, 0.25) is 0 Å². The van der Waals surface area contributed by atoms with E-state index < -0.39 is 19.0 Å². The van der Waals surface area contributed by atoms with Crippen LogP contribution in [0.4, 0.5) is 0 Å². The number of halogens is 1. The molecule has 2 atom stereocenters. The summed E-state index contributed by atoms with van der Waals surface area (Å²) in [6, 6.07) is 5.96. The molecule has 0 radical (unpaired) electrons. The predicted octanol–water partition coefficient (Wildman–Crippen LogP) is 4.22. The van der Waals surface area contributed by atoms with E-state index >= 15 is 0 Å². The molecule has 0 fully saturated rings. The zero-order valence-electron chi connectivity index (χ0n) is 13.7. The van der Waals surface area contributed by atoms with Gasteiger partial charge in [0.15, 0.2) is 0 Å². The van der Waals surface area contributed by atoms with Gasteiger partial charge in [-0.25, -0.2) is 9.36 Å². The summed E-state index contributed by atoms with van der Waals surface area (Å²) in [4.78, 5) is 17.2. The van der Waals surface area contributed by atoms with Crippen molar-refractivity contribution in [2.24, 2.45) is 5.92 Å². The molecule has 1 rings (SSSR count). The van der Waals surface area contributed by atoms with Crippen molar-refractivity contribution in [3.05, 3.63) is 29.8 Å². The van der Waals surface area contributed by atoms with Gasteiger partial charge in [0.05, 0.1) is 6.61 Å². The van der Waals surface area contributed by atoms with Crippen molar-refractivity contribution >= 4 is 24.2 Å². The van der Waals surface area contributed by atoms with Crippen molar-refractivity contribution in [3.8, 4) is 5.75 Å². The van der Waals surface area contributed by atoms with Crippen LogP contribution in [0.25, 0.3) is 0 Å². The van der Waals surface area contributed by atoms with E-state index in [1.807, 2.05) is 20.8 Å². The first-order valence-corrected chi connectivity index (χ1v) is 9.85. The second kappa shape index (κ2) is 9.28. The first kappa shape index (κ1) is 20.0.